The third kappa shape index (κ3) is 3.11. The maximum absolute atomic E-state index is 13.4. The number of rotatable bonds is 2. The van der Waals surface area contributed by atoms with Crippen molar-refractivity contribution in [2.75, 3.05) is 24.5 Å². The van der Waals surface area contributed by atoms with Crippen molar-refractivity contribution in [3.05, 3.63) is 47.9 Å². The first-order chi connectivity index (χ1) is 13.0. The van der Waals surface area contributed by atoms with Gasteiger partial charge in [0.25, 0.3) is 5.91 Å². The first-order valence-corrected chi connectivity index (χ1v) is 9.27. The van der Waals surface area contributed by atoms with Crippen LogP contribution in [0, 0.1) is 18.2 Å². The molecule has 2 aromatic rings. The van der Waals surface area contributed by atoms with Crippen molar-refractivity contribution in [2.45, 2.75) is 32.6 Å². The second kappa shape index (κ2) is 6.79. The second-order valence-corrected chi connectivity index (χ2v) is 7.41. The molecule has 0 aliphatic carbocycles. The van der Waals surface area contributed by atoms with Crippen LogP contribution in [0.1, 0.15) is 41.9 Å². The number of carbonyl (C=O) groups excluding carboxylic acids is 2. The molecule has 0 bridgehead atoms. The van der Waals surface area contributed by atoms with Gasteiger partial charge in [0, 0.05) is 25.3 Å². The summed E-state index contributed by atoms with van der Waals surface area (Å²) in [6, 6.07) is 6.01. The molecule has 0 saturated carbocycles. The third-order valence-corrected chi connectivity index (χ3v) is 5.68. The number of anilines is 1. The summed E-state index contributed by atoms with van der Waals surface area (Å²) in [5.41, 5.74) is 0.673. The molecule has 7 heteroatoms. The number of piperidine rings is 2. The zero-order valence-electron chi connectivity index (χ0n) is 15.3. The predicted molar refractivity (Wildman–Crippen MR) is 96.8 cm³/mol. The lowest BCUT2D eigenvalue weighted by atomic mass is 9.72. The molecular weight excluding hydrogens is 349 g/mol. The molecule has 27 heavy (non-hydrogen) atoms. The molecule has 2 amide bonds. The van der Waals surface area contributed by atoms with Crippen molar-refractivity contribution in [3.63, 3.8) is 0 Å². The molecule has 2 fully saturated rings. The van der Waals surface area contributed by atoms with Crippen molar-refractivity contribution in [2.24, 2.45) is 5.41 Å². The van der Waals surface area contributed by atoms with E-state index >= 15 is 0 Å². The van der Waals surface area contributed by atoms with Gasteiger partial charge in [-0.25, -0.2) is 9.37 Å². The fourth-order valence-corrected chi connectivity index (χ4v) is 4.27. The Balaban J connectivity index is 1.58. The second-order valence-electron chi connectivity index (χ2n) is 7.41. The number of benzene rings is 1. The number of likely N-dealkylation sites (tertiary alicyclic amines) is 1. The highest BCUT2D eigenvalue weighted by atomic mass is 19.1. The van der Waals surface area contributed by atoms with Crippen molar-refractivity contribution in [3.8, 4) is 0 Å². The van der Waals surface area contributed by atoms with E-state index in [0.717, 1.165) is 25.7 Å². The van der Waals surface area contributed by atoms with Crippen LogP contribution in [0.25, 0.3) is 0 Å². The Bertz CT molecular complexity index is 860. The summed E-state index contributed by atoms with van der Waals surface area (Å²) in [5.74, 6) is -0.275. The van der Waals surface area contributed by atoms with Crippen LogP contribution in [-0.4, -0.2) is 41.3 Å². The van der Waals surface area contributed by atoms with Gasteiger partial charge in [-0.1, -0.05) is 0 Å². The summed E-state index contributed by atoms with van der Waals surface area (Å²) < 4.78 is 18.5. The van der Waals surface area contributed by atoms with E-state index < -0.39 is 5.41 Å². The Hall–Kier alpha value is -2.70. The predicted octanol–water partition coefficient (Wildman–Crippen LogP) is 3.17. The van der Waals surface area contributed by atoms with Gasteiger partial charge >= 0.3 is 0 Å². The van der Waals surface area contributed by atoms with Crippen LogP contribution < -0.4 is 4.90 Å². The molecule has 4 rings (SSSR count). The van der Waals surface area contributed by atoms with Crippen molar-refractivity contribution in [1.82, 2.24) is 9.88 Å². The lowest BCUT2D eigenvalue weighted by Crippen LogP contribution is -2.57. The minimum Gasteiger partial charge on any atom is -0.438 e. The van der Waals surface area contributed by atoms with Crippen molar-refractivity contribution in [1.29, 1.82) is 0 Å². The minimum atomic E-state index is -0.589. The average Bonchev–Trinajstić information content (AvgIpc) is 3.10. The van der Waals surface area contributed by atoms with E-state index in [-0.39, 0.29) is 23.4 Å². The molecule has 0 N–H and O–H groups in total. The van der Waals surface area contributed by atoms with Gasteiger partial charge in [0.05, 0.1) is 11.1 Å². The summed E-state index contributed by atoms with van der Waals surface area (Å²) in [4.78, 5) is 33.6. The van der Waals surface area contributed by atoms with Gasteiger partial charge in [-0.15, -0.1) is 0 Å². The smallest absolute Gasteiger partial charge is 0.291 e. The highest BCUT2D eigenvalue weighted by molar-refractivity contribution is 5.99. The first-order valence-electron chi connectivity index (χ1n) is 9.27. The Kier molecular flexibility index (Phi) is 4.45. The molecule has 2 aliphatic rings. The Morgan fingerprint density at radius 1 is 1.19 bits per heavy atom. The molecule has 2 saturated heterocycles. The molecule has 6 nitrogen and oxygen atoms in total. The maximum Gasteiger partial charge on any atom is 0.291 e. The Morgan fingerprint density at radius 2 is 1.89 bits per heavy atom. The van der Waals surface area contributed by atoms with Crippen molar-refractivity contribution < 1.29 is 18.4 Å². The fourth-order valence-electron chi connectivity index (χ4n) is 4.27. The fraction of sp³-hybridized carbons (Fsp3) is 0.450. The summed E-state index contributed by atoms with van der Waals surface area (Å²) in [6.07, 6.45) is 4.39. The number of hydrogen-bond acceptors (Lipinski definition) is 4. The highest BCUT2D eigenvalue weighted by Gasteiger charge is 2.48. The van der Waals surface area contributed by atoms with Gasteiger partial charge in [-0.2, -0.15) is 0 Å². The van der Waals surface area contributed by atoms with E-state index in [1.165, 1.54) is 18.5 Å². The van der Waals surface area contributed by atoms with Gasteiger partial charge in [-0.05, 0) is 56.9 Å². The number of hydrogen-bond donors (Lipinski definition) is 0. The van der Waals surface area contributed by atoms with Gasteiger partial charge < -0.3 is 14.2 Å². The number of amides is 2. The molecule has 1 unspecified atom stereocenters. The number of oxazole rings is 1. The lowest BCUT2D eigenvalue weighted by Gasteiger charge is -2.47. The quantitative estimate of drug-likeness (QED) is 0.813. The molecule has 142 valence electrons. The largest absolute Gasteiger partial charge is 0.438 e. The molecule has 1 atom stereocenters. The number of aromatic nitrogens is 1. The topological polar surface area (TPSA) is 66.7 Å². The number of carbonyl (C=O) groups is 2. The van der Waals surface area contributed by atoms with Crippen LogP contribution in [0.2, 0.25) is 0 Å². The molecule has 3 heterocycles. The van der Waals surface area contributed by atoms with Gasteiger partial charge in [-0.3, -0.25) is 9.59 Å². The lowest BCUT2D eigenvalue weighted by molar-refractivity contribution is -0.133. The monoisotopic (exact) mass is 371 g/mol. The molecule has 1 aromatic carbocycles. The van der Waals surface area contributed by atoms with E-state index in [9.17, 15) is 14.0 Å². The van der Waals surface area contributed by atoms with E-state index in [2.05, 4.69) is 4.98 Å². The molecular formula is C20H22FN3O3. The normalized spacial score (nSPS) is 23.1. The first kappa shape index (κ1) is 17.7. The van der Waals surface area contributed by atoms with Crippen LogP contribution in [-0.2, 0) is 4.79 Å². The van der Waals surface area contributed by atoms with Gasteiger partial charge in [0.2, 0.25) is 11.7 Å². The van der Waals surface area contributed by atoms with Crippen LogP contribution in [0.15, 0.2) is 35.1 Å². The summed E-state index contributed by atoms with van der Waals surface area (Å²) in [6.45, 7) is 3.33. The number of nitrogens with zero attached hydrogens (tertiary/aromatic N) is 3. The molecule has 2 aliphatic heterocycles. The van der Waals surface area contributed by atoms with Crippen molar-refractivity contribution >= 4 is 17.5 Å². The van der Waals surface area contributed by atoms with E-state index in [1.54, 1.807) is 28.9 Å². The van der Waals surface area contributed by atoms with Gasteiger partial charge in [0.15, 0.2) is 6.39 Å². The third-order valence-electron chi connectivity index (χ3n) is 5.68. The van der Waals surface area contributed by atoms with Crippen LogP contribution >= 0.6 is 0 Å². The SMILES string of the molecule is Cc1ncoc1C(=O)N1CCCC2(CCCN(c3ccc(F)cc3)C2=O)C1. The van der Waals surface area contributed by atoms with E-state index in [0.29, 0.717) is 31.0 Å². The van der Waals surface area contributed by atoms with Gasteiger partial charge in [0.1, 0.15) is 5.82 Å². The Labute approximate surface area is 157 Å². The summed E-state index contributed by atoms with van der Waals surface area (Å²) in [7, 11) is 0. The van der Waals surface area contributed by atoms with E-state index in [1.807, 2.05) is 0 Å². The Morgan fingerprint density at radius 3 is 2.56 bits per heavy atom. The summed E-state index contributed by atoms with van der Waals surface area (Å²) >= 11 is 0. The zero-order chi connectivity index (χ0) is 19.0. The maximum atomic E-state index is 13.4. The molecule has 1 aromatic heterocycles. The van der Waals surface area contributed by atoms with Crippen LogP contribution in [0.4, 0.5) is 10.1 Å². The van der Waals surface area contributed by atoms with E-state index in [4.69, 9.17) is 4.42 Å². The zero-order valence-corrected chi connectivity index (χ0v) is 15.3. The summed E-state index contributed by atoms with van der Waals surface area (Å²) in [5, 5.41) is 0. The number of aryl methyl sites for hydroxylation is 1. The van der Waals surface area contributed by atoms with Crippen LogP contribution in [0.3, 0.4) is 0 Å². The average molecular weight is 371 g/mol. The highest BCUT2D eigenvalue weighted by Crippen LogP contribution is 2.41. The standard InChI is InChI=1S/C20H22FN3O3/c1-14-17(27-13-22-14)18(25)23-10-2-8-20(12-23)9-3-11-24(19(20)26)16-6-4-15(21)5-7-16/h4-7,13H,2-3,8-12H2,1H3. The minimum absolute atomic E-state index is 0.0205. The molecule has 0 radical (unpaired) electrons. The van der Waals surface area contributed by atoms with Crippen LogP contribution in [0.5, 0.6) is 0 Å². The molecule has 1 spiro atoms. The number of halogens is 1.